The van der Waals surface area contributed by atoms with Crippen molar-refractivity contribution in [2.24, 2.45) is 0 Å². The number of alkyl halides is 3. The van der Waals surface area contributed by atoms with Crippen molar-refractivity contribution in [3.05, 3.63) is 83.4 Å². The number of anilines is 2. The summed E-state index contributed by atoms with van der Waals surface area (Å²) in [7, 11) is -4.19. The predicted molar refractivity (Wildman–Crippen MR) is 124 cm³/mol. The fraction of sp³-hybridized carbons (Fsp3) is 0.174. The first kappa shape index (κ1) is 25.4. The standard InChI is InChI=1S/C23H20ClF3N2O4S/c1-2-33-20-11-9-19(10-12-20)29(34(31,32)21-13-5-17(24)6-14-21)15-22(30)28-18-7-3-16(4-8-18)23(25,26)27/h3-14H,2,15H2,1H3,(H,28,30). The zero-order chi connectivity index (χ0) is 24.9. The van der Waals surface area contributed by atoms with Gasteiger partial charge in [0.25, 0.3) is 10.0 Å². The summed E-state index contributed by atoms with van der Waals surface area (Å²) in [5.74, 6) is -0.226. The second kappa shape index (κ2) is 10.4. The summed E-state index contributed by atoms with van der Waals surface area (Å²) in [6, 6.07) is 15.4. The van der Waals surface area contributed by atoms with Gasteiger partial charge in [-0.2, -0.15) is 13.2 Å². The van der Waals surface area contributed by atoms with Crippen LogP contribution >= 0.6 is 11.6 Å². The molecule has 0 bridgehead atoms. The molecule has 180 valence electrons. The molecule has 3 aromatic carbocycles. The highest BCUT2D eigenvalue weighted by molar-refractivity contribution is 7.92. The van der Waals surface area contributed by atoms with E-state index in [2.05, 4.69) is 5.32 Å². The summed E-state index contributed by atoms with van der Waals surface area (Å²) < 4.78 is 71.2. The van der Waals surface area contributed by atoms with E-state index in [9.17, 15) is 26.4 Å². The molecule has 0 aliphatic carbocycles. The number of ether oxygens (including phenoxy) is 1. The van der Waals surface area contributed by atoms with Gasteiger partial charge in [-0.15, -0.1) is 0 Å². The molecule has 0 spiro atoms. The van der Waals surface area contributed by atoms with Crippen molar-refractivity contribution in [2.75, 3.05) is 22.8 Å². The number of carbonyl (C=O) groups excluding carboxylic acids is 1. The maximum absolute atomic E-state index is 13.3. The first-order chi connectivity index (χ1) is 16.0. The molecule has 1 N–H and O–H groups in total. The van der Waals surface area contributed by atoms with Gasteiger partial charge in [0.05, 0.1) is 22.8 Å². The van der Waals surface area contributed by atoms with E-state index in [1.54, 1.807) is 19.1 Å². The highest BCUT2D eigenvalue weighted by Crippen LogP contribution is 2.30. The topological polar surface area (TPSA) is 75.7 Å². The van der Waals surface area contributed by atoms with E-state index in [0.717, 1.165) is 28.6 Å². The molecule has 0 radical (unpaired) electrons. The van der Waals surface area contributed by atoms with Crippen molar-refractivity contribution in [3.8, 4) is 5.75 Å². The van der Waals surface area contributed by atoms with Crippen LogP contribution in [0, 0.1) is 0 Å². The summed E-state index contributed by atoms with van der Waals surface area (Å²) in [6.45, 7) is 1.60. The van der Waals surface area contributed by atoms with Crippen molar-refractivity contribution in [2.45, 2.75) is 18.0 Å². The van der Waals surface area contributed by atoms with Gasteiger partial charge in [-0.25, -0.2) is 8.42 Å². The SMILES string of the molecule is CCOc1ccc(N(CC(=O)Nc2ccc(C(F)(F)F)cc2)S(=O)(=O)c2ccc(Cl)cc2)cc1. The van der Waals surface area contributed by atoms with Crippen molar-refractivity contribution < 1.29 is 31.1 Å². The number of halogens is 4. The van der Waals surface area contributed by atoms with Crippen molar-refractivity contribution in [1.82, 2.24) is 0 Å². The van der Waals surface area contributed by atoms with Crippen LogP contribution in [-0.4, -0.2) is 27.5 Å². The van der Waals surface area contributed by atoms with E-state index < -0.39 is 34.2 Å². The Kier molecular flexibility index (Phi) is 7.73. The van der Waals surface area contributed by atoms with Crippen molar-refractivity contribution in [3.63, 3.8) is 0 Å². The molecule has 34 heavy (non-hydrogen) atoms. The fourth-order valence-electron chi connectivity index (χ4n) is 3.00. The number of benzene rings is 3. The van der Waals surface area contributed by atoms with E-state index in [1.165, 1.54) is 36.4 Å². The van der Waals surface area contributed by atoms with E-state index in [4.69, 9.17) is 16.3 Å². The molecule has 3 rings (SSSR count). The highest BCUT2D eigenvalue weighted by Gasteiger charge is 2.30. The van der Waals surface area contributed by atoms with Gasteiger partial charge in [0.15, 0.2) is 0 Å². The molecule has 6 nitrogen and oxygen atoms in total. The molecule has 1 amide bonds. The summed E-state index contributed by atoms with van der Waals surface area (Å²) in [4.78, 5) is 12.6. The lowest BCUT2D eigenvalue weighted by atomic mass is 10.2. The highest BCUT2D eigenvalue weighted by atomic mass is 35.5. The molecule has 0 saturated carbocycles. The number of hydrogen-bond acceptors (Lipinski definition) is 4. The summed E-state index contributed by atoms with van der Waals surface area (Å²) >= 11 is 5.86. The predicted octanol–water partition coefficient (Wildman–Crippen LogP) is 5.59. The number of sulfonamides is 1. The number of nitrogens with one attached hydrogen (secondary N) is 1. The first-order valence-corrected chi connectivity index (χ1v) is 11.8. The van der Waals surface area contributed by atoms with Gasteiger partial charge in [-0.05, 0) is 79.7 Å². The Morgan fingerprint density at radius 3 is 2.09 bits per heavy atom. The van der Waals surface area contributed by atoms with Crippen LogP contribution in [0.4, 0.5) is 24.5 Å². The van der Waals surface area contributed by atoms with E-state index >= 15 is 0 Å². The normalized spacial score (nSPS) is 11.7. The maximum Gasteiger partial charge on any atom is 0.416 e. The number of rotatable bonds is 8. The summed E-state index contributed by atoms with van der Waals surface area (Å²) in [6.07, 6.45) is -4.51. The molecular formula is C23H20ClF3N2O4S. The largest absolute Gasteiger partial charge is 0.494 e. The van der Waals surface area contributed by atoms with Crippen LogP contribution in [0.1, 0.15) is 12.5 Å². The summed E-state index contributed by atoms with van der Waals surface area (Å²) in [5.41, 5.74) is -0.582. The van der Waals surface area contributed by atoms with Crippen LogP contribution in [0.5, 0.6) is 5.75 Å². The lowest BCUT2D eigenvalue weighted by molar-refractivity contribution is -0.137. The van der Waals surface area contributed by atoms with Gasteiger partial charge in [0, 0.05) is 10.7 Å². The van der Waals surface area contributed by atoms with Gasteiger partial charge in [-0.3, -0.25) is 9.10 Å². The van der Waals surface area contributed by atoms with E-state index in [0.29, 0.717) is 17.4 Å². The molecule has 0 fully saturated rings. The molecule has 3 aromatic rings. The molecule has 0 atom stereocenters. The Morgan fingerprint density at radius 2 is 1.56 bits per heavy atom. The molecule has 0 heterocycles. The van der Waals surface area contributed by atoms with Crippen molar-refractivity contribution >= 4 is 38.9 Å². The third-order valence-corrected chi connectivity index (χ3v) is 6.66. The van der Waals surface area contributed by atoms with Gasteiger partial charge < -0.3 is 10.1 Å². The quantitative estimate of drug-likeness (QED) is 0.427. The minimum absolute atomic E-state index is 0.0897. The number of nitrogens with zero attached hydrogens (tertiary/aromatic N) is 1. The maximum atomic E-state index is 13.3. The first-order valence-electron chi connectivity index (χ1n) is 9.99. The van der Waals surface area contributed by atoms with E-state index in [-0.39, 0.29) is 16.3 Å². The van der Waals surface area contributed by atoms with Crippen LogP contribution in [0.25, 0.3) is 0 Å². The molecule has 0 aromatic heterocycles. The van der Waals surface area contributed by atoms with Gasteiger partial charge >= 0.3 is 6.18 Å². The zero-order valence-corrected chi connectivity index (χ0v) is 19.4. The molecule has 11 heteroatoms. The smallest absolute Gasteiger partial charge is 0.416 e. The molecule has 0 saturated heterocycles. The minimum Gasteiger partial charge on any atom is -0.494 e. The van der Waals surface area contributed by atoms with Gasteiger partial charge in [0.2, 0.25) is 5.91 Å². The van der Waals surface area contributed by atoms with Crippen LogP contribution in [-0.2, 0) is 21.0 Å². The Bertz CT molecular complexity index is 1230. The van der Waals surface area contributed by atoms with Crippen LogP contribution in [0.3, 0.4) is 0 Å². The second-order valence-electron chi connectivity index (χ2n) is 7.02. The van der Waals surface area contributed by atoms with Crippen LogP contribution < -0.4 is 14.4 Å². The number of hydrogen-bond donors (Lipinski definition) is 1. The average molecular weight is 513 g/mol. The molecule has 0 aliphatic heterocycles. The summed E-state index contributed by atoms with van der Waals surface area (Å²) in [5, 5.41) is 2.77. The second-order valence-corrected chi connectivity index (χ2v) is 9.31. The monoisotopic (exact) mass is 512 g/mol. The fourth-order valence-corrected chi connectivity index (χ4v) is 4.54. The van der Waals surface area contributed by atoms with E-state index in [1.807, 2.05) is 0 Å². The lowest BCUT2D eigenvalue weighted by Gasteiger charge is -2.24. The third kappa shape index (κ3) is 6.21. The third-order valence-electron chi connectivity index (χ3n) is 4.62. The number of carbonyl (C=O) groups is 1. The van der Waals surface area contributed by atoms with Gasteiger partial charge in [-0.1, -0.05) is 11.6 Å². The zero-order valence-electron chi connectivity index (χ0n) is 17.8. The minimum atomic E-state index is -4.51. The number of amides is 1. The van der Waals surface area contributed by atoms with Crippen molar-refractivity contribution in [1.29, 1.82) is 0 Å². The Hall–Kier alpha value is -3.24. The molecule has 0 aliphatic rings. The Balaban J connectivity index is 1.88. The Labute approximate surface area is 200 Å². The molecule has 0 unspecified atom stereocenters. The van der Waals surface area contributed by atoms with Crippen LogP contribution in [0.15, 0.2) is 77.7 Å². The average Bonchev–Trinajstić information content (AvgIpc) is 2.78. The Morgan fingerprint density at radius 1 is 0.971 bits per heavy atom. The lowest BCUT2D eigenvalue weighted by Crippen LogP contribution is -2.38. The van der Waals surface area contributed by atoms with Gasteiger partial charge in [0.1, 0.15) is 12.3 Å². The van der Waals surface area contributed by atoms with Crippen LogP contribution in [0.2, 0.25) is 5.02 Å². The molecular weight excluding hydrogens is 493 g/mol.